The van der Waals surface area contributed by atoms with Crippen LogP contribution in [0.1, 0.15) is 12.8 Å². The third-order valence-corrected chi connectivity index (χ3v) is 2.59. The largest absolute Gasteiger partial charge is 0.486 e. The zero-order valence-electron chi connectivity index (χ0n) is 7.30. The normalized spacial score (nSPS) is 16.6. The van der Waals surface area contributed by atoms with Crippen molar-refractivity contribution >= 4 is 21.7 Å². The molecule has 0 aromatic heterocycles. The van der Waals surface area contributed by atoms with Gasteiger partial charge < -0.3 is 4.74 Å². The van der Waals surface area contributed by atoms with Crippen LogP contribution >= 0.6 is 15.9 Å². The van der Waals surface area contributed by atoms with Gasteiger partial charge >= 0.3 is 0 Å². The monoisotopic (exact) mass is 258 g/mol. The minimum Gasteiger partial charge on any atom is -0.486 e. The van der Waals surface area contributed by atoms with Gasteiger partial charge in [-0.1, -0.05) is 15.9 Å². The van der Waals surface area contributed by atoms with E-state index in [4.69, 9.17) is 4.74 Å². The van der Waals surface area contributed by atoms with Crippen LogP contribution in [0.2, 0.25) is 0 Å². The first-order chi connectivity index (χ1) is 6.65. The molecular formula is C10H8BrFO2. The molecule has 0 amide bonds. The maximum absolute atomic E-state index is 13.2. The molecule has 2 rings (SSSR count). The Labute approximate surface area is 89.2 Å². The van der Waals surface area contributed by atoms with Crippen molar-refractivity contribution in [1.29, 1.82) is 0 Å². The molecule has 0 aliphatic heterocycles. The van der Waals surface area contributed by atoms with Crippen LogP contribution in [0.3, 0.4) is 0 Å². The molecular weight excluding hydrogens is 251 g/mol. The topological polar surface area (TPSA) is 26.3 Å². The number of rotatable bonds is 2. The lowest BCUT2D eigenvalue weighted by Gasteiger charge is -2.25. The predicted molar refractivity (Wildman–Crippen MR) is 52.8 cm³/mol. The molecule has 0 spiro atoms. The van der Waals surface area contributed by atoms with E-state index in [0.29, 0.717) is 12.8 Å². The molecule has 1 aromatic rings. The molecule has 0 radical (unpaired) electrons. The molecule has 0 N–H and O–H groups in total. The lowest BCUT2D eigenvalue weighted by atomic mass is 9.94. The molecule has 0 unspecified atom stereocenters. The van der Waals surface area contributed by atoms with Crippen molar-refractivity contribution < 1.29 is 13.9 Å². The fourth-order valence-corrected chi connectivity index (χ4v) is 1.62. The standard InChI is InChI=1S/C10H8BrFO2/c11-6-1-2-9(12)10(3-6)14-8-4-7(13)5-8/h1-3,8H,4-5H2. The number of Topliss-reactive ketones (excluding diaryl/α,β-unsaturated/α-hetero) is 1. The van der Waals surface area contributed by atoms with Crippen LogP contribution in [-0.2, 0) is 4.79 Å². The van der Waals surface area contributed by atoms with Crippen LogP contribution in [0.15, 0.2) is 22.7 Å². The molecule has 0 heterocycles. The van der Waals surface area contributed by atoms with Crippen molar-refractivity contribution in [3.8, 4) is 5.75 Å². The van der Waals surface area contributed by atoms with Gasteiger partial charge in [-0.3, -0.25) is 4.79 Å². The lowest BCUT2D eigenvalue weighted by molar-refractivity contribution is -0.129. The Kier molecular flexibility index (Phi) is 2.54. The van der Waals surface area contributed by atoms with Crippen molar-refractivity contribution in [2.24, 2.45) is 0 Å². The average molecular weight is 259 g/mol. The summed E-state index contributed by atoms with van der Waals surface area (Å²) in [5.41, 5.74) is 0. The van der Waals surface area contributed by atoms with Crippen molar-refractivity contribution in [2.45, 2.75) is 18.9 Å². The number of halogens is 2. The number of carbonyl (C=O) groups is 1. The average Bonchev–Trinajstić information content (AvgIpc) is 2.09. The fraction of sp³-hybridized carbons (Fsp3) is 0.300. The van der Waals surface area contributed by atoms with Crippen LogP contribution < -0.4 is 4.74 Å². The quantitative estimate of drug-likeness (QED) is 0.816. The third kappa shape index (κ3) is 1.95. The number of benzene rings is 1. The van der Waals surface area contributed by atoms with E-state index in [1.54, 1.807) is 12.1 Å². The second kappa shape index (κ2) is 3.69. The summed E-state index contributed by atoms with van der Waals surface area (Å²) in [5, 5.41) is 0. The molecule has 0 atom stereocenters. The summed E-state index contributed by atoms with van der Waals surface area (Å²) in [4.78, 5) is 10.7. The molecule has 1 fully saturated rings. The minimum atomic E-state index is -0.396. The maximum Gasteiger partial charge on any atom is 0.165 e. The van der Waals surface area contributed by atoms with Crippen molar-refractivity contribution in [2.75, 3.05) is 0 Å². The summed E-state index contributed by atoms with van der Waals surface area (Å²) in [6, 6.07) is 4.51. The summed E-state index contributed by atoms with van der Waals surface area (Å²) in [7, 11) is 0. The highest BCUT2D eigenvalue weighted by Crippen LogP contribution is 2.27. The zero-order valence-corrected chi connectivity index (χ0v) is 8.88. The van der Waals surface area contributed by atoms with E-state index in [2.05, 4.69) is 15.9 Å². The lowest BCUT2D eigenvalue weighted by Crippen LogP contribution is -2.33. The molecule has 0 saturated heterocycles. The van der Waals surface area contributed by atoms with Crippen LogP contribution in [-0.4, -0.2) is 11.9 Å². The molecule has 1 aliphatic carbocycles. The first-order valence-electron chi connectivity index (χ1n) is 4.28. The van der Waals surface area contributed by atoms with E-state index in [0.717, 1.165) is 4.47 Å². The van der Waals surface area contributed by atoms with Gasteiger partial charge in [-0.05, 0) is 18.2 Å². The number of hydrogen-bond donors (Lipinski definition) is 0. The summed E-state index contributed by atoms with van der Waals surface area (Å²) in [6.45, 7) is 0. The van der Waals surface area contributed by atoms with E-state index >= 15 is 0 Å². The first-order valence-corrected chi connectivity index (χ1v) is 5.08. The Morgan fingerprint density at radius 1 is 1.43 bits per heavy atom. The second-order valence-electron chi connectivity index (χ2n) is 3.26. The highest BCUT2D eigenvalue weighted by atomic mass is 79.9. The number of hydrogen-bond acceptors (Lipinski definition) is 2. The predicted octanol–water partition coefficient (Wildman–Crippen LogP) is 2.70. The molecule has 0 bridgehead atoms. The molecule has 14 heavy (non-hydrogen) atoms. The van der Waals surface area contributed by atoms with E-state index in [-0.39, 0.29) is 17.6 Å². The molecule has 74 valence electrons. The number of ketones is 1. The van der Waals surface area contributed by atoms with E-state index in [9.17, 15) is 9.18 Å². The van der Waals surface area contributed by atoms with Crippen molar-refractivity contribution in [1.82, 2.24) is 0 Å². The van der Waals surface area contributed by atoms with Gasteiger partial charge in [0, 0.05) is 17.3 Å². The van der Waals surface area contributed by atoms with Gasteiger partial charge in [0.2, 0.25) is 0 Å². The van der Waals surface area contributed by atoms with Gasteiger partial charge in [-0.15, -0.1) is 0 Å². The highest BCUT2D eigenvalue weighted by molar-refractivity contribution is 9.10. The summed E-state index contributed by atoms with van der Waals surface area (Å²) < 4.78 is 19.2. The first kappa shape index (κ1) is 9.65. The van der Waals surface area contributed by atoms with Gasteiger partial charge in [-0.2, -0.15) is 0 Å². The van der Waals surface area contributed by atoms with Gasteiger partial charge in [0.1, 0.15) is 11.9 Å². The second-order valence-corrected chi connectivity index (χ2v) is 4.18. The van der Waals surface area contributed by atoms with Crippen LogP contribution in [0.4, 0.5) is 4.39 Å². The Bertz CT molecular complexity index is 370. The van der Waals surface area contributed by atoms with Crippen LogP contribution in [0, 0.1) is 5.82 Å². The Morgan fingerprint density at radius 2 is 2.14 bits per heavy atom. The summed E-state index contributed by atoms with van der Waals surface area (Å²) in [5.74, 6) is -0.0187. The Hall–Kier alpha value is -0.900. The Morgan fingerprint density at radius 3 is 2.79 bits per heavy atom. The number of ether oxygens (including phenoxy) is 1. The van der Waals surface area contributed by atoms with Crippen molar-refractivity contribution in [3.05, 3.63) is 28.5 Å². The molecule has 1 aromatic carbocycles. The molecule has 1 saturated carbocycles. The van der Waals surface area contributed by atoms with Gasteiger partial charge in [0.25, 0.3) is 0 Å². The number of carbonyl (C=O) groups excluding carboxylic acids is 1. The SMILES string of the molecule is O=C1CC(Oc2cc(Br)ccc2F)C1. The molecule has 1 aliphatic rings. The van der Waals surface area contributed by atoms with Crippen molar-refractivity contribution in [3.63, 3.8) is 0 Å². The smallest absolute Gasteiger partial charge is 0.165 e. The summed E-state index contributed by atoms with van der Waals surface area (Å²) in [6.07, 6.45) is 0.643. The zero-order chi connectivity index (χ0) is 10.1. The van der Waals surface area contributed by atoms with E-state index in [1.807, 2.05) is 0 Å². The summed E-state index contributed by atoms with van der Waals surface area (Å²) >= 11 is 3.22. The van der Waals surface area contributed by atoms with E-state index < -0.39 is 5.82 Å². The third-order valence-electron chi connectivity index (χ3n) is 2.10. The van der Waals surface area contributed by atoms with Crippen LogP contribution in [0.5, 0.6) is 5.75 Å². The molecule has 4 heteroatoms. The van der Waals surface area contributed by atoms with Crippen LogP contribution in [0.25, 0.3) is 0 Å². The van der Waals surface area contributed by atoms with Gasteiger partial charge in [0.15, 0.2) is 11.6 Å². The van der Waals surface area contributed by atoms with Gasteiger partial charge in [0.05, 0.1) is 0 Å². The highest BCUT2D eigenvalue weighted by Gasteiger charge is 2.28. The Balaban J connectivity index is 2.08. The van der Waals surface area contributed by atoms with Gasteiger partial charge in [-0.25, -0.2) is 4.39 Å². The molecule has 2 nitrogen and oxygen atoms in total. The maximum atomic E-state index is 13.2. The van der Waals surface area contributed by atoms with E-state index in [1.165, 1.54) is 6.07 Å². The minimum absolute atomic E-state index is 0.147. The fourth-order valence-electron chi connectivity index (χ4n) is 1.28.